The van der Waals surface area contributed by atoms with Crippen molar-refractivity contribution in [2.45, 2.75) is 31.3 Å². The van der Waals surface area contributed by atoms with Crippen LogP contribution in [0.5, 0.6) is 0 Å². The molecule has 1 spiro atoms. The summed E-state index contributed by atoms with van der Waals surface area (Å²) in [5.74, 6) is 0. The van der Waals surface area contributed by atoms with Gasteiger partial charge in [-0.15, -0.1) is 0 Å². The summed E-state index contributed by atoms with van der Waals surface area (Å²) in [5.41, 5.74) is 0.207. The first-order valence-corrected chi connectivity index (χ1v) is 4.08. The third-order valence-corrected chi connectivity index (χ3v) is 2.48. The van der Waals surface area contributed by atoms with Crippen molar-refractivity contribution in [3.05, 3.63) is 6.42 Å². The highest BCUT2D eigenvalue weighted by molar-refractivity contribution is 4.95. The Morgan fingerprint density at radius 1 is 1.50 bits per heavy atom. The predicted molar refractivity (Wildman–Crippen MR) is 39.5 cm³/mol. The van der Waals surface area contributed by atoms with E-state index in [2.05, 4.69) is 11.7 Å². The second-order valence-corrected chi connectivity index (χ2v) is 3.28. The number of nitrogens with one attached hydrogen (secondary N) is 1. The molecule has 2 fully saturated rings. The van der Waals surface area contributed by atoms with Gasteiger partial charge < -0.3 is 4.74 Å². The van der Waals surface area contributed by atoms with E-state index in [0.29, 0.717) is 0 Å². The fourth-order valence-electron chi connectivity index (χ4n) is 1.86. The average Bonchev–Trinajstić information content (AvgIpc) is 2.39. The maximum absolute atomic E-state index is 5.64. The predicted octanol–water partition coefficient (Wildman–Crippen LogP) is 1.08. The lowest BCUT2D eigenvalue weighted by atomic mass is 9.85. The maximum Gasteiger partial charge on any atom is 0.0974 e. The van der Waals surface area contributed by atoms with E-state index in [1.807, 2.05) is 0 Å². The first kappa shape index (κ1) is 6.62. The molecule has 2 rings (SSSR count). The van der Waals surface area contributed by atoms with Gasteiger partial charge in [-0.25, -0.2) is 0 Å². The normalized spacial score (nSPS) is 31.2. The minimum atomic E-state index is 0.207. The third kappa shape index (κ3) is 1.06. The number of ether oxygens (including phenoxy) is 1. The van der Waals surface area contributed by atoms with Crippen LogP contribution in [0.4, 0.5) is 0 Å². The molecule has 0 aromatic carbocycles. The molecule has 1 aliphatic heterocycles. The van der Waals surface area contributed by atoms with Crippen LogP contribution in [-0.2, 0) is 4.74 Å². The molecule has 1 N–H and O–H groups in total. The zero-order chi connectivity index (χ0) is 6.86. The van der Waals surface area contributed by atoms with E-state index in [0.717, 1.165) is 19.7 Å². The molecular formula is C8H14NO. The molecule has 1 saturated heterocycles. The van der Waals surface area contributed by atoms with Gasteiger partial charge in [-0.2, -0.15) is 0 Å². The van der Waals surface area contributed by atoms with Crippen molar-refractivity contribution in [3.63, 3.8) is 0 Å². The second kappa shape index (κ2) is 2.51. The van der Waals surface area contributed by atoms with Crippen LogP contribution < -0.4 is 5.32 Å². The van der Waals surface area contributed by atoms with Gasteiger partial charge in [0, 0.05) is 6.54 Å². The molecule has 2 aliphatic rings. The van der Waals surface area contributed by atoms with Crippen molar-refractivity contribution in [1.29, 1.82) is 0 Å². The molecule has 10 heavy (non-hydrogen) atoms. The third-order valence-electron chi connectivity index (χ3n) is 2.48. The molecule has 57 valence electrons. The Labute approximate surface area is 61.9 Å². The molecule has 0 amide bonds. The topological polar surface area (TPSA) is 21.3 Å². The smallest absolute Gasteiger partial charge is 0.0974 e. The molecule has 1 aliphatic carbocycles. The quantitative estimate of drug-likeness (QED) is 0.543. The minimum absolute atomic E-state index is 0.207. The highest BCUT2D eigenvalue weighted by atomic mass is 16.5. The van der Waals surface area contributed by atoms with Crippen LogP contribution in [-0.4, -0.2) is 18.9 Å². The Kier molecular flexibility index (Phi) is 1.66. The van der Waals surface area contributed by atoms with Crippen LogP contribution in [0, 0.1) is 6.42 Å². The standard InChI is InChI=1S/C8H14NO/c1-2-4-8(5-3-1)6-9-7-10-8/h2,9H,1,3-7H2. The number of hydrogen-bond acceptors (Lipinski definition) is 2. The summed E-state index contributed by atoms with van der Waals surface area (Å²) in [7, 11) is 0. The molecule has 2 nitrogen and oxygen atoms in total. The zero-order valence-electron chi connectivity index (χ0n) is 6.23. The molecule has 2 heteroatoms. The zero-order valence-corrected chi connectivity index (χ0v) is 6.23. The summed E-state index contributed by atoms with van der Waals surface area (Å²) in [4.78, 5) is 0. The number of rotatable bonds is 0. The van der Waals surface area contributed by atoms with Crippen LogP contribution in [0.3, 0.4) is 0 Å². The van der Waals surface area contributed by atoms with Crippen molar-refractivity contribution in [1.82, 2.24) is 5.32 Å². The van der Waals surface area contributed by atoms with E-state index in [-0.39, 0.29) is 5.60 Å². The monoisotopic (exact) mass is 140 g/mol. The van der Waals surface area contributed by atoms with Crippen LogP contribution in [0.2, 0.25) is 0 Å². The first-order valence-electron chi connectivity index (χ1n) is 4.08. The molecule has 1 heterocycles. The molecule has 1 radical (unpaired) electrons. The van der Waals surface area contributed by atoms with Crippen molar-refractivity contribution in [3.8, 4) is 0 Å². The van der Waals surface area contributed by atoms with Crippen molar-refractivity contribution >= 4 is 0 Å². The van der Waals surface area contributed by atoms with Gasteiger partial charge in [0.1, 0.15) is 0 Å². The van der Waals surface area contributed by atoms with Gasteiger partial charge in [0.25, 0.3) is 0 Å². The Balaban J connectivity index is 1.98. The van der Waals surface area contributed by atoms with E-state index in [4.69, 9.17) is 4.74 Å². The van der Waals surface area contributed by atoms with Crippen LogP contribution in [0.25, 0.3) is 0 Å². The molecule has 1 saturated carbocycles. The molecule has 0 aromatic rings. The van der Waals surface area contributed by atoms with Crippen molar-refractivity contribution in [2.24, 2.45) is 0 Å². The summed E-state index contributed by atoms with van der Waals surface area (Å²) in [6.45, 7) is 1.82. The van der Waals surface area contributed by atoms with E-state index < -0.39 is 0 Å². The van der Waals surface area contributed by atoms with E-state index in [1.54, 1.807) is 0 Å². The van der Waals surface area contributed by atoms with Gasteiger partial charge in [-0.3, -0.25) is 5.32 Å². The lowest BCUT2D eigenvalue weighted by Crippen LogP contribution is -2.35. The molecule has 1 unspecified atom stereocenters. The summed E-state index contributed by atoms with van der Waals surface area (Å²) >= 11 is 0. The molecule has 0 aromatic heterocycles. The Morgan fingerprint density at radius 3 is 3.10 bits per heavy atom. The fourth-order valence-corrected chi connectivity index (χ4v) is 1.86. The van der Waals surface area contributed by atoms with Crippen molar-refractivity contribution in [2.75, 3.05) is 13.3 Å². The Bertz CT molecular complexity index is 110. The van der Waals surface area contributed by atoms with E-state index in [1.165, 1.54) is 19.3 Å². The van der Waals surface area contributed by atoms with Gasteiger partial charge in [0.05, 0.1) is 12.3 Å². The highest BCUT2D eigenvalue weighted by Crippen LogP contribution is 2.32. The largest absolute Gasteiger partial charge is 0.359 e. The minimum Gasteiger partial charge on any atom is -0.359 e. The Hall–Kier alpha value is -0.0800. The molecular weight excluding hydrogens is 126 g/mol. The van der Waals surface area contributed by atoms with E-state index in [9.17, 15) is 0 Å². The van der Waals surface area contributed by atoms with Gasteiger partial charge in [-0.05, 0) is 25.7 Å². The van der Waals surface area contributed by atoms with Gasteiger partial charge in [0.2, 0.25) is 0 Å². The highest BCUT2D eigenvalue weighted by Gasteiger charge is 2.35. The van der Waals surface area contributed by atoms with Gasteiger partial charge >= 0.3 is 0 Å². The van der Waals surface area contributed by atoms with Crippen LogP contribution >= 0.6 is 0 Å². The molecule has 0 bridgehead atoms. The second-order valence-electron chi connectivity index (χ2n) is 3.28. The van der Waals surface area contributed by atoms with Gasteiger partial charge in [-0.1, -0.05) is 6.42 Å². The molecule has 1 atom stereocenters. The van der Waals surface area contributed by atoms with E-state index >= 15 is 0 Å². The summed E-state index contributed by atoms with van der Waals surface area (Å²) in [6.07, 6.45) is 7.35. The lowest BCUT2D eigenvalue weighted by molar-refractivity contribution is -0.00599. The summed E-state index contributed by atoms with van der Waals surface area (Å²) < 4.78 is 5.64. The van der Waals surface area contributed by atoms with Crippen LogP contribution in [0.1, 0.15) is 25.7 Å². The average molecular weight is 140 g/mol. The maximum atomic E-state index is 5.64. The fraction of sp³-hybridized carbons (Fsp3) is 0.875. The summed E-state index contributed by atoms with van der Waals surface area (Å²) in [5, 5.41) is 3.24. The van der Waals surface area contributed by atoms with Crippen LogP contribution in [0.15, 0.2) is 0 Å². The Morgan fingerprint density at radius 2 is 2.50 bits per heavy atom. The lowest BCUT2D eigenvalue weighted by Gasteiger charge is -2.30. The summed E-state index contributed by atoms with van der Waals surface area (Å²) in [6, 6.07) is 0. The SMILES string of the molecule is [CH]1CCCC2(C1)CNCO2. The number of hydrogen-bond donors (Lipinski definition) is 1. The van der Waals surface area contributed by atoms with Crippen molar-refractivity contribution < 1.29 is 4.74 Å². The first-order chi connectivity index (χ1) is 4.91. The van der Waals surface area contributed by atoms with Gasteiger partial charge in [0.15, 0.2) is 0 Å².